The van der Waals surface area contributed by atoms with Crippen LogP contribution in [0, 0.1) is 0 Å². The van der Waals surface area contributed by atoms with Gasteiger partial charge in [-0.2, -0.15) is 8.42 Å². The normalized spacial score (nSPS) is 18.2. The van der Waals surface area contributed by atoms with Gasteiger partial charge in [0.1, 0.15) is 0 Å². The molecule has 0 amide bonds. The van der Waals surface area contributed by atoms with Crippen molar-refractivity contribution in [1.82, 2.24) is 4.72 Å². The standard InChI is InChI=1S/C10H14ClN3O4S2/c1-12-20(17,18)13-10-7-8(3-4-9(10)11)14-5-2-6-19(14,15)16/h3-4,7,12-13H,2,5-6H2,1H3. The van der Waals surface area contributed by atoms with Gasteiger partial charge in [-0.05, 0) is 24.6 Å². The Labute approximate surface area is 123 Å². The first kappa shape index (κ1) is 15.4. The average Bonchev–Trinajstić information content (AvgIpc) is 2.72. The predicted molar refractivity (Wildman–Crippen MR) is 78.8 cm³/mol. The molecule has 1 heterocycles. The first-order valence-corrected chi connectivity index (χ1v) is 9.23. The monoisotopic (exact) mass is 339 g/mol. The Balaban J connectivity index is 2.39. The maximum Gasteiger partial charge on any atom is 0.298 e. The third-order valence-electron chi connectivity index (χ3n) is 2.85. The fourth-order valence-electron chi connectivity index (χ4n) is 1.87. The SMILES string of the molecule is CNS(=O)(=O)Nc1cc(N2CCCS2(=O)=O)ccc1Cl. The van der Waals surface area contributed by atoms with Gasteiger partial charge in [0.2, 0.25) is 10.0 Å². The molecule has 0 aromatic heterocycles. The van der Waals surface area contributed by atoms with Gasteiger partial charge in [0.15, 0.2) is 0 Å². The van der Waals surface area contributed by atoms with Crippen molar-refractivity contribution in [1.29, 1.82) is 0 Å². The Morgan fingerprint density at radius 3 is 2.60 bits per heavy atom. The molecule has 1 fully saturated rings. The molecular formula is C10H14ClN3O4S2. The molecule has 20 heavy (non-hydrogen) atoms. The van der Waals surface area contributed by atoms with Crippen LogP contribution in [0.3, 0.4) is 0 Å². The number of rotatable bonds is 4. The van der Waals surface area contributed by atoms with E-state index in [-0.39, 0.29) is 16.5 Å². The summed E-state index contributed by atoms with van der Waals surface area (Å²) in [6.07, 6.45) is 0.544. The van der Waals surface area contributed by atoms with Crippen LogP contribution in [0.25, 0.3) is 0 Å². The highest BCUT2D eigenvalue weighted by molar-refractivity contribution is 7.93. The van der Waals surface area contributed by atoms with E-state index in [1.165, 1.54) is 23.5 Å². The van der Waals surface area contributed by atoms with Crippen molar-refractivity contribution in [3.05, 3.63) is 23.2 Å². The van der Waals surface area contributed by atoms with E-state index in [1.807, 2.05) is 0 Å². The Morgan fingerprint density at radius 1 is 1.35 bits per heavy atom. The van der Waals surface area contributed by atoms with Crippen LogP contribution >= 0.6 is 11.6 Å². The summed E-state index contributed by atoms with van der Waals surface area (Å²) in [5, 5.41) is 0.184. The summed E-state index contributed by atoms with van der Waals surface area (Å²) in [6.45, 7) is 0.377. The van der Waals surface area contributed by atoms with Crippen LogP contribution in [0.15, 0.2) is 18.2 Å². The number of benzene rings is 1. The molecule has 0 radical (unpaired) electrons. The molecule has 1 aromatic rings. The van der Waals surface area contributed by atoms with E-state index in [1.54, 1.807) is 6.07 Å². The first-order valence-electron chi connectivity index (χ1n) is 5.76. The van der Waals surface area contributed by atoms with Crippen molar-refractivity contribution in [2.75, 3.05) is 28.4 Å². The van der Waals surface area contributed by atoms with Crippen LogP contribution in [0.1, 0.15) is 6.42 Å². The van der Waals surface area contributed by atoms with Crippen molar-refractivity contribution in [3.63, 3.8) is 0 Å². The molecule has 7 nitrogen and oxygen atoms in total. The molecule has 1 aromatic carbocycles. The Morgan fingerprint density at radius 2 is 2.05 bits per heavy atom. The van der Waals surface area contributed by atoms with Gasteiger partial charge in [-0.1, -0.05) is 11.6 Å². The van der Waals surface area contributed by atoms with Gasteiger partial charge >= 0.3 is 0 Å². The molecule has 0 spiro atoms. The summed E-state index contributed by atoms with van der Waals surface area (Å²) in [6, 6.07) is 4.40. The third kappa shape index (κ3) is 3.17. The Kier molecular flexibility index (Phi) is 4.14. The van der Waals surface area contributed by atoms with E-state index in [2.05, 4.69) is 9.44 Å². The number of sulfonamides is 1. The molecule has 0 saturated carbocycles. The van der Waals surface area contributed by atoms with Gasteiger partial charge in [-0.25, -0.2) is 13.1 Å². The van der Waals surface area contributed by atoms with Crippen LogP contribution in [0.2, 0.25) is 5.02 Å². The molecule has 0 atom stereocenters. The zero-order valence-electron chi connectivity index (χ0n) is 10.6. The first-order chi connectivity index (χ1) is 9.25. The molecule has 112 valence electrons. The smallest absolute Gasteiger partial charge is 0.270 e. The van der Waals surface area contributed by atoms with Gasteiger partial charge in [0, 0.05) is 13.6 Å². The summed E-state index contributed by atoms with van der Waals surface area (Å²) in [7, 11) is -5.78. The number of hydrogen-bond acceptors (Lipinski definition) is 4. The van der Waals surface area contributed by atoms with Crippen LogP contribution in [0.5, 0.6) is 0 Å². The number of halogens is 1. The van der Waals surface area contributed by atoms with E-state index in [9.17, 15) is 16.8 Å². The number of hydrogen-bond donors (Lipinski definition) is 2. The quantitative estimate of drug-likeness (QED) is 0.846. The summed E-state index contributed by atoms with van der Waals surface area (Å²) < 4.78 is 52.2. The van der Waals surface area contributed by atoms with Gasteiger partial charge < -0.3 is 0 Å². The van der Waals surface area contributed by atoms with Crippen molar-refractivity contribution in [2.24, 2.45) is 0 Å². The molecule has 1 aliphatic rings. The van der Waals surface area contributed by atoms with Crippen LogP contribution in [-0.2, 0) is 20.2 Å². The minimum atomic E-state index is -3.72. The lowest BCUT2D eigenvalue weighted by Crippen LogP contribution is -2.27. The zero-order valence-corrected chi connectivity index (χ0v) is 13.0. The molecule has 0 bridgehead atoms. The zero-order chi connectivity index (χ0) is 15.0. The topological polar surface area (TPSA) is 95.6 Å². The average molecular weight is 340 g/mol. The van der Waals surface area contributed by atoms with Crippen LogP contribution < -0.4 is 13.7 Å². The molecule has 2 N–H and O–H groups in total. The van der Waals surface area contributed by atoms with Gasteiger partial charge in [-0.15, -0.1) is 0 Å². The molecule has 1 saturated heterocycles. The van der Waals surface area contributed by atoms with E-state index >= 15 is 0 Å². The fourth-order valence-corrected chi connectivity index (χ4v) is 4.21. The van der Waals surface area contributed by atoms with Crippen molar-refractivity contribution < 1.29 is 16.8 Å². The Hall–Kier alpha value is -1.03. The fraction of sp³-hybridized carbons (Fsp3) is 0.400. The predicted octanol–water partition coefficient (Wildman–Crippen LogP) is 0.756. The van der Waals surface area contributed by atoms with Gasteiger partial charge in [0.05, 0.1) is 22.2 Å². The lowest BCUT2D eigenvalue weighted by molar-refractivity contribution is 0.593. The summed E-state index contributed by atoms with van der Waals surface area (Å²) in [5.41, 5.74) is 0.515. The largest absolute Gasteiger partial charge is 0.298 e. The second-order valence-electron chi connectivity index (χ2n) is 4.22. The van der Waals surface area contributed by atoms with Crippen LogP contribution in [-0.4, -0.2) is 36.2 Å². The molecule has 1 aliphatic heterocycles. The van der Waals surface area contributed by atoms with E-state index in [0.717, 1.165) is 0 Å². The molecule has 0 unspecified atom stereocenters. The third-order valence-corrected chi connectivity index (χ3v) is 6.08. The van der Waals surface area contributed by atoms with E-state index < -0.39 is 20.2 Å². The minimum absolute atomic E-state index is 0.0905. The molecular weight excluding hydrogens is 326 g/mol. The number of nitrogens with one attached hydrogen (secondary N) is 2. The van der Waals surface area contributed by atoms with Gasteiger partial charge in [0.25, 0.3) is 10.2 Å². The minimum Gasteiger partial charge on any atom is -0.270 e. The van der Waals surface area contributed by atoms with E-state index in [0.29, 0.717) is 18.7 Å². The molecule has 2 rings (SSSR count). The second kappa shape index (κ2) is 5.40. The lowest BCUT2D eigenvalue weighted by atomic mass is 10.3. The molecule has 0 aliphatic carbocycles. The highest BCUT2D eigenvalue weighted by atomic mass is 35.5. The highest BCUT2D eigenvalue weighted by Crippen LogP contribution is 2.31. The summed E-state index contributed by atoms with van der Waals surface area (Å²) in [5.74, 6) is 0.0905. The van der Waals surface area contributed by atoms with Crippen molar-refractivity contribution >= 4 is 43.2 Å². The second-order valence-corrected chi connectivity index (χ2v) is 8.25. The van der Waals surface area contributed by atoms with Crippen molar-refractivity contribution in [3.8, 4) is 0 Å². The summed E-state index contributed by atoms with van der Waals surface area (Å²) in [4.78, 5) is 0. The number of nitrogens with zero attached hydrogens (tertiary/aromatic N) is 1. The van der Waals surface area contributed by atoms with Crippen LogP contribution in [0.4, 0.5) is 11.4 Å². The van der Waals surface area contributed by atoms with Crippen molar-refractivity contribution in [2.45, 2.75) is 6.42 Å². The number of anilines is 2. The lowest BCUT2D eigenvalue weighted by Gasteiger charge is -2.18. The summed E-state index contributed by atoms with van der Waals surface area (Å²) >= 11 is 5.91. The van der Waals surface area contributed by atoms with Gasteiger partial charge in [-0.3, -0.25) is 9.03 Å². The Bertz CT molecular complexity index is 718. The maximum absolute atomic E-state index is 11.8. The maximum atomic E-state index is 11.8. The highest BCUT2D eigenvalue weighted by Gasteiger charge is 2.28. The van der Waals surface area contributed by atoms with E-state index in [4.69, 9.17) is 11.6 Å². The molecule has 10 heteroatoms.